The molecule has 3 aromatic rings. The molecule has 0 bridgehead atoms. The Hall–Kier alpha value is -2.64. The molecule has 4 rings (SSSR count). The normalized spacial score (nSPS) is 15.0. The van der Waals surface area contributed by atoms with E-state index in [4.69, 9.17) is 4.74 Å². The number of esters is 1. The molecule has 6 nitrogen and oxygen atoms in total. The summed E-state index contributed by atoms with van der Waals surface area (Å²) in [6, 6.07) is 12.0. The largest absolute Gasteiger partial charge is 0.462 e. The van der Waals surface area contributed by atoms with Gasteiger partial charge in [0.2, 0.25) is 0 Å². The molecule has 1 aliphatic heterocycles. The first kappa shape index (κ1) is 19.7. The van der Waals surface area contributed by atoms with Crippen LogP contribution in [0.15, 0.2) is 46.6 Å². The van der Waals surface area contributed by atoms with E-state index < -0.39 is 5.97 Å². The predicted octanol–water partition coefficient (Wildman–Crippen LogP) is 3.10. The molecule has 0 unspecified atom stereocenters. The molecule has 29 heavy (non-hydrogen) atoms. The van der Waals surface area contributed by atoms with Crippen molar-refractivity contribution in [3.63, 3.8) is 0 Å². The first-order valence-corrected chi connectivity index (χ1v) is 10.8. The Morgan fingerprint density at radius 2 is 1.86 bits per heavy atom. The number of piperazine rings is 1. The average Bonchev–Trinajstić information content (AvgIpc) is 3.24. The number of aromatic nitrogens is 1. The maximum Gasteiger partial charge on any atom is 0.345 e. The number of anilines is 1. The second-order valence-corrected chi connectivity index (χ2v) is 8.20. The van der Waals surface area contributed by atoms with Crippen LogP contribution in [0.5, 0.6) is 0 Å². The third kappa shape index (κ3) is 3.80. The maximum atomic E-state index is 13.1. The number of ether oxygens (including phenoxy) is 1. The Labute approximate surface area is 173 Å². The van der Waals surface area contributed by atoms with E-state index in [9.17, 15) is 9.59 Å². The fourth-order valence-corrected chi connectivity index (χ4v) is 4.69. The lowest BCUT2D eigenvalue weighted by atomic mass is 10.1. The van der Waals surface area contributed by atoms with Crippen molar-refractivity contribution < 1.29 is 9.53 Å². The summed E-state index contributed by atoms with van der Waals surface area (Å²) < 4.78 is 6.79. The van der Waals surface area contributed by atoms with Crippen molar-refractivity contribution in [2.24, 2.45) is 7.05 Å². The number of nitrogens with zero attached hydrogens (tertiary/aromatic N) is 3. The van der Waals surface area contributed by atoms with E-state index in [1.807, 2.05) is 24.3 Å². The lowest BCUT2D eigenvalue weighted by Crippen LogP contribution is -2.47. The fourth-order valence-electron chi connectivity index (χ4n) is 3.95. The van der Waals surface area contributed by atoms with Gasteiger partial charge in [0.25, 0.3) is 5.56 Å². The second-order valence-electron chi connectivity index (χ2n) is 7.17. The Balaban J connectivity index is 1.71. The minimum absolute atomic E-state index is 0.139. The number of pyridine rings is 1. The van der Waals surface area contributed by atoms with Gasteiger partial charge in [-0.3, -0.25) is 9.69 Å². The molecular formula is C22H25N3O3S. The molecule has 1 saturated heterocycles. The summed E-state index contributed by atoms with van der Waals surface area (Å²) in [4.78, 5) is 31.7. The minimum Gasteiger partial charge on any atom is -0.462 e. The van der Waals surface area contributed by atoms with Crippen LogP contribution in [0.3, 0.4) is 0 Å². The van der Waals surface area contributed by atoms with Crippen LogP contribution in [0, 0.1) is 0 Å². The van der Waals surface area contributed by atoms with Crippen molar-refractivity contribution in [1.29, 1.82) is 0 Å². The Morgan fingerprint density at radius 3 is 2.55 bits per heavy atom. The zero-order valence-electron chi connectivity index (χ0n) is 16.8. The van der Waals surface area contributed by atoms with Gasteiger partial charge in [-0.2, -0.15) is 0 Å². The summed E-state index contributed by atoms with van der Waals surface area (Å²) in [7, 11) is 1.70. The van der Waals surface area contributed by atoms with Gasteiger partial charge in [-0.25, -0.2) is 4.79 Å². The number of thiophene rings is 1. The molecule has 0 atom stereocenters. The van der Waals surface area contributed by atoms with Crippen molar-refractivity contribution in [3.05, 3.63) is 62.6 Å². The third-order valence-corrected chi connectivity index (χ3v) is 6.26. The fraction of sp³-hybridized carbons (Fsp3) is 0.364. The summed E-state index contributed by atoms with van der Waals surface area (Å²) in [5.74, 6) is -0.546. The number of fused-ring (bicyclic) bond motifs is 1. The molecule has 0 N–H and O–H groups in total. The molecule has 1 aliphatic rings. The lowest BCUT2D eigenvalue weighted by Gasteiger charge is -2.37. The highest BCUT2D eigenvalue weighted by Crippen LogP contribution is 2.30. The van der Waals surface area contributed by atoms with E-state index in [2.05, 4.69) is 27.3 Å². The summed E-state index contributed by atoms with van der Waals surface area (Å²) in [6.45, 7) is 6.21. The van der Waals surface area contributed by atoms with Gasteiger partial charge in [0.1, 0.15) is 5.56 Å². The standard InChI is InChI=1S/C22H25N3O3S/c1-3-28-22(27)19-20(17-8-4-5-9-18(17)23(2)21(19)26)25-12-10-24(11-13-25)15-16-7-6-14-29-16/h4-9,14H,3,10-13,15H2,1-2H3. The number of hydrogen-bond donors (Lipinski definition) is 0. The molecule has 0 spiro atoms. The first-order chi connectivity index (χ1) is 14.1. The van der Waals surface area contributed by atoms with Gasteiger partial charge in [0.05, 0.1) is 17.8 Å². The topological polar surface area (TPSA) is 54.8 Å². The van der Waals surface area contributed by atoms with Crippen LogP contribution in [-0.4, -0.2) is 48.2 Å². The number of rotatable bonds is 5. The molecule has 3 heterocycles. The number of aryl methyl sites for hydroxylation is 1. The first-order valence-electron chi connectivity index (χ1n) is 9.88. The maximum absolute atomic E-state index is 13.1. The third-order valence-electron chi connectivity index (χ3n) is 5.40. The van der Waals surface area contributed by atoms with Crippen molar-refractivity contribution in [2.75, 3.05) is 37.7 Å². The molecule has 1 aromatic carbocycles. The van der Waals surface area contributed by atoms with Gasteiger partial charge in [-0.05, 0) is 24.4 Å². The van der Waals surface area contributed by atoms with E-state index in [0.29, 0.717) is 5.69 Å². The SMILES string of the molecule is CCOC(=O)c1c(N2CCN(Cc3cccs3)CC2)c2ccccc2n(C)c1=O. The lowest BCUT2D eigenvalue weighted by molar-refractivity contribution is 0.0524. The van der Waals surface area contributed by atoms with E-state index in [-0.39, 0.29) is 17.7 Å². The second kappa shape index (κ2) is 8.39. The van der Waals surface area contributed by atoms with Gasteiger partial charge in [0, 0.05) is 50.0 Å². The van der Waals surface area contributed by atoms with E-state index in [1.54, 1.807) is 25.3 Å². The molecule has 2 aromatic heterocycles. The van der Waals surface area contributed by atoms with Gasteiger partial charge >= 0.3 is 5.97 Å². The molecule has 0 amide bonds. The zero-order chi connectivity index (χ0) is 20.4. The number of para-hydroxylation sites is 1. The van der Waals surface area contributed by atoms with Crippen LogP contribution in [-0.2, 0) is 18.3 Å². The smallest absolute Gasteiger partial charge is 0.345 e. The van der Waals surface area contributed by atoms with Crippen molar-refractivity contribution in [3.8, 4) is 0 Å². The Bertz CT molecular complexity index is 1070. The van der Waals surface area contributed by atoms with Crippen LogP contribution in [0.25, 0.3) is 10.9 Å². The number of hydrogen-bond acceptors (Lipinski definition) is 6. The Kier molecular flexibility index (Phi) is 5.69. The molecule has 0 radical (unpaired) electrons. The van der Waals surface area contributed by atoms with E-state index >= 15 is 0 Å². The van der Waals surface area contributed by atoms with Gasteiger partial charge in [0.15, 0.2) is 0 Å². The van der Waals surface area contributed by atoms with Crippen molar-refractivity contribution >= 4 is 33.9 Å². The molecular weight excluding hydrogens is 386 g/mol. The van der Waals surface area contributed by atoms with Crippen molar-refractivity contribution in [2.45, 2.75) is 13.5 Å². The van der Waals surface area contributed by atoms with Gasteiger partial charge in [-0.1, -0.05) is 24.3 Å². The summed E-state index contributed by atoms with van der Waals surface area (Å²) in [5, 5.41) is 3.01. The van der Waals surface area contributed by atoms with Crippen LogP contribution < -0.4 is 10.5 Å². The predicted molar refractivity (Wildman–Crippen MR) is 117 cm³/mol. The quantitative estimate of drug-likeness (QED) is 0.604. The molecule has 7 heteroatoms. The number of carbonyl (C=O) groups excluding carboxylic acids is 1. The van der Waals surface area contributed by atoms with Crippen LogP contribution >= 0.6 is 11.3 Å². The zero-order valence-corrected chi connectivity index (χ0v) is 17.6. The van der Waals surface area contributed by atoms with E-state index in [0.717, 1.165) is 43.6 Å². The summed E-state index contributed by atoms with van der Waals surface area (Å²) >= 11 is 1.77. The average molecular weight is 412 g/mol. The molecule has 152 valence electrons. The minimum atomic E-state index is -0.546. The van der Waals surface area contributed by atoms with Gasteiger partial charge < -0.3 is 14.2 Å². The highest BCUT2D eigenvalue weighted by Gasteiger charge is 2.28. The highest BCUT2D eigenvalue weighted by molar-refractivity contribution is 7.09. The summed E-state index contributed by atoms with van der Waals surface area (Å²) in [5.41, 5.74) is 1.36. The summed E-state index contributed by atoms with van der Waals surface area (Å²) in [6.07, 6.45) is 0. The van der Waals surface area contributed by atoms with E-state index in [1.165, 1.54) is 9.44 Å². The number of benzene rings is 1. The Morgan fingerprint density at radius 1 is 1.10 bits per heavy atom. The highest BCUT2D eigenvalue weighted by atomic mass is 32.1. The van der Waals surface area contributed by atoms with Crippen LogP contribution in [0.2, 0.25) is 0 Å². The molecule has 1 fully saturated rings. The molecule has 0 saturated carbocycles. The van der Waals surface area contributed by atoms with Gasteiger partial charge in [-0.15, -0.1) is 11.3 Å². The van der Waals surface area contributed by atoms with Crippen LogP contribution in [0.4, 0.5) is 5.69 Å². The number of carbonyl (C=O) groups is 1. The molecule has 0 aliphatic carbocycles. The van der Waals surface area contributed by atoms with Crippen LogP contribution in [0.1, 0.15) is 22.2 Å². The van der Waals surface area contributed by atoms with Crippen molar-refractivity contribution in [1.82, 2.24) is 9.47 Å². The monoisotopic (exact) mass is 411 g/mol.